The normalized spacial score (nSPS) is 14.2. The maximum absolute atomic E-state index is 11.0. The highest BCUT2D eigenvalue weighted by molar-refractivity contribution is 6.01. The summed E-state index contributed by atoms with van der Waals surface area (Å²) in [5.41, 5.74) is 0. The molecule has 0 aromatic heterocycles. The van der Waals surface area contributed by atoms with Crippen LogP contribution in [0.1, 0.15) is 40.5 Å². The minimum atomic E-state index is -0.566. The van der Waals surface area contributed by atoms with Gasteiger partial charge in [-0.05, 0) is 0 Å². The molecule has 0 aromatic carbocycles. The third-order valence-corrected chi connectivity index (χ3v) is 2.43. The number of amides is 3. The average molecular weight is 286 g/mol. The molecule has 0 spiro atoms. The van der Waals surface area contributed by atoms with Crippen LogP contribution in [0.2, 0.25) is 0 Å². The minimum absolute atomic E-state index is 0.0972. The van der Waals surface area contributed by atoms with Crippen molar-refractivity contribution in [2.45, 2.75) is 40.5 Å². The first-order valence-electron chi connectivity index (χ1n) is 6.49. The highest BCUT2D eigenvalue weighted by atomic mass is 16.7. The Morgan fingerprint density at radius 1 is 1.05 bits per heavy atom. The molecule has 0 unspecified atom stereocenters. The number of nitrogens with zero attached hydrogens (tertiary/aromatic N) is 1. The molecule has 7 nitrogen and oxygen atoms in total. The van der Waals surface area contributed by atoms with Crippen molar-refractivity contribution in [1.29, 1.82) is 0 Å². The van der Waals surface area contributed by atoms with E-state index < -0.39 is 17.8 Å². The van der Waals surface area contributed by atoms with Gasteiger partial charge in [0.1, 0.15) is 0 Å². The molecule has 0 aromatic rings. The van der Waals surface area contributed by atoms with Gasteiger partial charge in [-0.25, -0.2) is 4.79 Å². The molecule has 1 heterocycles. The largest absolute Gasteiger partial charge is 0.359 e. The van der Waals surface area contributed by atoms with Crippen LogP contribution in [0.4, 0.5) is 0 Å². The zero-order chi connectivity index (χ0) is 15.9. The van der Waals surface area contributed by atoms with Crippen LogP contribution >= 0.6 is 0 Å². The van der Waals surface area contributed by atoms with Gasteiger partial charge in [0.05, 0.1) is 5.92 Å². The smallest absolute Gasteiger partial charge is 0.335 e. The maximum Gasteiger partial charge on any atom is 0.335 e. The number of carbonyl (C=O) groups excluding carboxylic acids is 4. The molecule has 3 amide bonds. The van der Waals surface area contributed by atoms with Gasteiger partial charge in [-0.15, -0.1) is 5.06 Å². The molecule has 114 valence electrons. The Balaban J connectivity index is 0.000000441. The van der Waals surface area contributed by atoms with E-state index >= 15 is 0 Å². The van der Waals surface area contributed by atoms with Gasteiger partial charge >= 0.3 is 5.97 Å². The van der Waals surface area contributed by atoms with E-state index in [9.17, 15) is 19.2 Å². The molecule has 1 rings (SSSR count). The van der Waals surface area contributed by atoms with Crippen LogP contribution in [0.25, 0.3) is 0 Å². The van der Waals surface area contributed by atoms with Gasteiger partial charge in [-0.2, -0.15) is 0 Å². The van der Waals surface area contributed by atoms with Crippen LogP contribution in [0, 0.1) is 11.8 Å². The molecular weight excluding hydrogens is 264 g/mol. The first-order chi connectivity index (χ1) is 9.20. The Morgan fingerprint density at radius 2 is 1.50 bits per heavy atom. The van der Waals surface area contributed by atoms with Gasteiger partial charge in [0, 0.05) is 25.8 Å². The third-order valence-electron chi connectivity index (χ3n) is 2.43. The summed E-state index contributed by atoms with van der Waals surface area (Å²) in [4.78, 5) is 48.0. The van der Waals surface area contributed by atoms with Crippen molar-refractivity contribution in [3.05, 3.63) is 0 Å². The van der Waals surface area contributed by atoms with Crippen molar-refractivity contribution in [2.24, 2.45) is 11.8 Å². The number of hydrogen-bond acceptors (Lipinski definition) is 5. The van der Waals surface area contributed by atoms with Crippen molar-refractivity contribution in [1.82, 2.24) is 10.4 Å². The molecule has 1 fully saturated rings. The quantitative estimate of drug-likeness (QED) is 0.768. The first kappa shape index (κ1) is 18.1. The minimum Gasteiger partial charge on any atom is -0.359 e. The molecule has 1 saturated heterocycles. The Labute approximate surface area is 118 Å². The Bertz CT molecular complexity index is 374. The third kappa shape index (κ3) is 5.81. The maximum atomic E-state index is 11.0. The summed E-state index contributed by atoms with van der Waals surface area (Å²) in [5, 5.41) is 3.08. The fourth-order valence-electron chi connectivity index (χ4n) is 1.14. The van der Waals surface area contributed by atoms with Gasteiger partial charge in [0.15, 0.2) is 0 Å². The Morgan fingerprint density at radius 3 is 1.75 bits per heavy atom. The van der Waals surface area contributed by atoms with Gasteiger partial charge in [0.2, 0.25) is 5.91 Å². The van der Waals surface area contributed by atoms with Gasteiger partial charge in [0.25, 0.3) is 11.8 Å². The number of hydrogen-bond donors (Lipinski definition) is 1. The second-order valence-electron chi connectivity index (χ2n) is 4.92. The fraction of sp³-hybridized carbons (Fsp3) is 0.692. The summed E-state index contributed by atoms with van der Waals surface area (Å²) in [7, 11) is 1.64. The van der Waals surface area contributed by atoms with Crippen molar-refractivity contribution >= 4 is 23.7 Å². The van der Waals surface area contributed by atoms with E-state index in [4.69, 9.17) is 0 Å². The summed E-state index contributed by atoms with van der Waals surface area (Å²) in [6.45, 7) is 6.98. The zero-order valence-corrected chi connectivity index (χ0v) is 12.6. The van der Waals surface area contributed by atoms with Crippen molar-refractivity contribution in [3.63, 3.8) is 0 Å². The molecular formula is C13H22N2O5. The van der Waals surface area contributed by atoms with Crippen LogP contribution < -0.4 is 5.32 Å². The van der Waals surface area contributed by atoms with E-state index in [2.05, 4.69) is 10.2 Å². The summed E-state index contributed by atoms with van der Waals surface area (Å²) >= 11 is 0. The fourth-order valence-corrected chi connectivity index (χ4v) is 1.14. The van der Waals surface area contributed by atoms with E-state index in [1.165, 1.54) is 0 Å². The van der Waals surface area contributed by atoms with Gasteiger partial charge in [-0.1, -0.05) is 27.7 Å². The lowest BCUT2D eigenvalue weighted by Crippen LogP contribution is -2.33. The van der Waals surface area contributed by atoms with Crippen LogP contribution in [0.3, 0.4) is 0 Å². The molecule has 1 N–H and O–H groups in total. The van der Waals surface area contributed by atoms with Gasteiger partial charge in [-0.3, -0.25) is 14.4 Å². The van der Waals surface area contributed by atoms with E-state index in [0.717, 1.165) is 0 Å². The highest BCUT2D eigenvalue weighted by Gasteiger charge is 2.33. The molecule has 1 aliphatic rings. The summed E-state index contributed by atoms with van der Waals surface area (Å²) in [6.07, 6.45) is 0.258. The average Bonchev–Trinajstić information content (AvgIpc) is 2.69. The monoisotopic (exact) mass is 286 g/mol. The Kier molecular flexibility index (Phi) is 7.49. The predicted molar refractivity (Wildman–Crippen MR) is 70.9 cm³/mol. The SMILES string of the molecule is CC(C)C(=O)ON1C(=O)CCC1=O.CNC(=O)C(C)C. The number of nitrogens with one attached hydrogen (secondary N) is 1. The highest BCUT2D eigenvalue weighted by Crippen LogP contribution is 2.13. The number of carbonyl (C=O) groups is 4. The van der Waals surface area contributed by atoms with Crippen LogP contribution in [-0.4, -0.2) is 35.8 Å². The van der Waals surface area contributed by atoms with Crippen LogP contribution in [-0.2, 0) is 24.0 Å². The van der Waals surface area contributed by atoms with Crippen molar-refractivity contribution in [2.75, 3.05) is 7.05 Å². The van der Waals surface area contributed by atoms with Crippen molar-refractivity contribution < 1.29 is 24.0 Å². The standard InChI is InChI=1S/C8H11NO4.C5H11NO/c1-5(2)8(12)13-9-6(10)3-4-7(9)11;1-4(2)5(7)6-3/h5H,3-4H2,1-2H3;4H,1-3H3,(H,6,7). The van der Waals surface area contributed by atoms with E-state index in [1.807, 2.05) is 13.8 Å². The second kappa shape index (κ2) is 8.29. The van der Waals surface area contributed by atoms with Crippen LogP contribution in [0.15, 0.2) is 0 Å². The molecule has 0 saturated carbocycles. The Hall–Kier alpha value is -1.92. The molecule has 0 bridgehead atoms. The van der Waals surface area contributed by atoms with E-state index in [-0.39, 0.29) is 30.6 Å². The number of hydroxylamine groups is 2. The van der Waals surface area contributed by atoms with E-state index in [1.54, 1.807) is 20.9 Å². The van der Waals surface area contributed by atoms with Gasteiger partial charge < -0.3 is 10.2 Å². The van der Waals surface area contributed by atoms with Crippen molar-refractivity contribution in [3.8, 4) is 0 Å². The molecule has 20 heavy (non-hydrogen) atoms. The summed E-state index contributed by atoms with van der Waals surface area (Å²) in [5.74, 6) is -1.59. The topological polar surface area (TPSA) is 92.8 Å². The zero-order valence-electron chi connectivity index (χ0n) is 12.6. The lowest BCUT2D eigenvalue weighted by Gasteiger charge is -2.13. The summed E-state index contributed by atoms with van der Waals surface area (Å²) in [6, 6.07) is 0. The molecule has 0 radical (unpaired) electrons. The number of imide groups is 1. The first-order valence-corrected chi connectivity index (χ1v) is 6.49. The second-order valence-corrected chi connectivity index (χ2v) is 4.92. The predicted octanol–water partition coefficient (Wildman–Crippen LogP) is 0.638. The summed E-state index contributed by atoms with van der Waals surface area (Å²) < 4.78 is 0. The molecule has 0 aliphatic carbocycles. The molecule has 1 aliphatic heterocycles. The molecule has 7 heteroatoms. The lowest BCUT2D eigenvalue weighted by atomic mass is 10.2. The van der Waals surface area contributed by atoms with E-state index in [0.29, 0.717) is 5.06 Å². The van der Waals surface area contributed by atoms with Crippen LogP contribution in [0.5, 0.6) is 0 Å². The number of rotatable bonds is 3. The molecule has 0 atom stereocenters. The lowest BCUT2D eigenvalue weighted by molar-refractivity contribution is -0.199.